The van der Waals surface area contributed by atoms with Crippen molar-refractivity contribution in [2.45, 2.75) is 113 Å². The molecule has 1 aliphatic rings. The molecule has 0 saturated heterocycles. The van der Waals surface area contributed by atoms with Crippen LogP contribution in [0.15, 0.2) is 30.3 Å². The Morgan fingerprint density at radius 3 is 2.42 bits per heavy atom. The van der Waals surface area contributed by atoms with Crippen LogP contribution in [-0.4, -0.2) is 29.1 Å². The molecule has 1 saturated carbocycles. The van der Waals surface area contributed by atoms with Crippen LogP contribution in [0.3, 0.4) is 0 Å². The second-order valence-electron chi connectivity index (χ2n) is 9.92. The van der Waals surface area contributed by atoms with Gasteiger partial charge in [-0.3, -0.25) is 4.79 Å². The molecule has 1 aliphatic carbocycles. The normalized spacial score (nSPS) is 14.4. The van der Waals surface area contributed by atoms with Crippen LogP contribution in [0.1, 0.15) is 120 Å². The van der Waals surface area contributed by atoms with Gasteiger partial charge < -0.3 is 32.9 Å². The van der Waals surface area contributed by atoms with E-state index in [9.17, 15) is 4.79 Å². The van der Waals surface area contributed by atoms with Crippen molar-refractivity contribution < 1.29 is 60.9 Å². The van der Waals surface area contributed by atoms with E-state index in [4.69, 9.17) is 4.74 Å². The predicted octanol–water partition coefficient (Wildman–Crippen LogP) is 5.70. The molecule has 1 heterocycles. The van der Waals surface area contributed by atoms with Gasteiger partial charge in [-0.15, -0.1) is 6.07 Å². The molecule has 40 heavy (non-hydrogen) atoms. The molecule has 0 aliphatic heterocycles. The number of ether oxygens (including phenoxy) is 1. The van der Waals surface area contributed by atoms with Crippen LogP contribution in [0.25, 0.3) is 0 Å². The maximum absolute atomic E-state index is 11.8. The zero-order chi connectivity index (χ0) is 29.3. The molecule has 0 spiro atoms. The van der Waals surface area contributed by atoms with Gasteiger partial charge in [-0.1, -0.05) is 91.1 Å². The Morgan fingerprint density at radius 1 is 1.18 bits per heavy atom. The zero-order valence-corrected chi connectivity index (χ0v) is 30.3. The van der Waals surface area contributed by atoms with Crippen molar-refractivity contribution in [2.24, 2.45) is 11.8 Å². The Balaban J connectivity index is 0. The average molecular weight is 578 g/mol. The largest absolute Gasteiger partial charge is 1.00 e. The van der Waals surface area contributed by atoms with Crippen molar-refractivity contribution in [3.8, 4) is 0 Å². The number of nitrogens with zero attached hydrogens (tertiary/aromatic N) is 2. The molecule has 1 fully saturated rings. The Hall–Kier alpha value is -0.634. The molecule has 1 N–H and O–H groups in total. The maximum Gasteiger partial charge on any atom is 1.00 e. The standard InChI is InChI=1S/C14H14N3O.C9H20O.C9H16.C2H6.K/c1-10-3-5-12(6-4-10)14(18)16-9-13-7-8-15-11(2)17-13;1-4-7-10-8-6-9(3)5-2;1-2-6-9-7-4-3-5-8-9;1-2;/h3-7H,9H2,1-2H3,(H,16,18);9H,4-8H2,1-3H3;2,7,9H,3-6,8H2,1H3;1-2H3;/q-1;;-2;;+1. The van der Waals surface area contributed by atoms with E-state index in [-0.39, 0.29) is 57.3 Å². The summed E-state index contributed by atoms with van der Waals surface area (Å²) in [4.78, 5) is 19.9. The SMILES string of the molecule is CC.CCCOCCC(C)CC.C[CH-]CC1[CH-]CCCC1.Cc1ccc(C(=O)NCc2c[c-]nc(C)n2)cc1.[K+]. The fourth-order valence-electron chi connectivity index (χ4n) is 3.81. The molecular formula is C34H56KN3O2-2. The fraction of sp³-hybridized carbons (Fsp3) is 0.618. The van der Waals surface area contributed by atoms with Crippen molar-refractivity contribution in [1.82, 2.24) is 15.3 Å². The molecular weight excluding hydrogens is 521 g/mol. The average Bonchev–Trinajstić information content (AvgIpc) is 2.97. The zero-order valence-electron chi connectivity index (χ0n) is 27.2. The fourth-order valence-corrected chi connectivity index (χ4v) is 3.81. The van der Waals surface area contributed by atoms with E-state index in [1.165, 1.54) is 44.9 Å². The van der Waals surface area contributed by atoms with Gasteiger partial charge in [0.15, 0.2) is 0 Å². The molecule has 222 valence electrons. The summed E-state index contributed by atoms with van der Waals surface area (Å²) in [5.74, 6) is 2.30. The summed E-state index contributed by atoms with van der Waals surface area (Å²) >= 11 is 0. The summed E-state index contributed by atoms with van der Waals surface area (Å²) in [7, 11) is 0. The van der Waals surface area contributed by atoms with E-state index < -0.39 is 0 Å². The van der Waals surface area contributed by atoms with Gasteiger partial charge in [0.25, 0.3) is 5.91 Å². The number of hydrogen-bond acceptors (Lipinski definition) is 4. The first-order valence-corrected chi connectivity index (χ1v) is 15.1. The number of aromatic nitrogens is 2. The maximum atomic E-state index is 11.8. The van der Waals surface area contributed by atoms with Gasteiger partial charge in [0.1, 0.15) is 0 Å². The minimum Gasteiger partial charge on any atom is -0.381 e. The van der Waals surface area contributed by atoms with Gasteiger partial charge >= 0.3 is 51.4 Å². The molecule has 2 atom stereocenters. The Kier molecular flexibility index (Phi) is 29.6. The molecule has 1 amide bonds. The summed E-state index contributed by atoms with van der Waals surface area (Å²) in [6.07, 6.45) is 18.1. The van der Waals surface area contributed by atoms with Crippen LogP contribution in [0, 0.1) is 44.7 Å². The monoisotopic (exact) mass is 577 g/mol. The van der Waals surface area contributed by atoms with Crippen LogP contribution in [0.2, 0.25) is 0 Å². The third-order valence-electron chi connectivity index (χ3n) is 6.37. The second kappa shape index (κ2) is 28.5. The van der Waals surface area contributed by atoms with Crippen LogP contribution in [0.4, 0.5) is 0 Å². The van der Waals surface area contributed by atoms with E-state index in [0.717, 1.165) is 42.7 Å². The molecule has 2 aromatic rings. The van der Waals surface area contributed by atoms with Gasteiger partial charge in [0, 0.05) is 31.1 Å². The first kappa shape index (κ1) is 41.5. The third kappa shape index (κ3) is 22.0. The third-order valence-corrected chi connectivity index (χ3v) is 6.37. The van der Waals surface area contributed by atoms with Crippen molar-refractivity contribution in [3.05, 3.63) is 72.0 Å². The topological polar surface area (TPSA) is 64.1 Å². The number of carbonyl (C=O) groups is 1. The number of benzene rings is 1. The van der Waals surface area contributed by atoms with E-state index in [1.807, 2.05) is 45.0 Å². The first-order chi connectivity index (χ1) is 18.9. The van der Waals surface area contributed by atoms with Crippen molar-refractivity contribution in [1.29, 1.82) is 0 Å². The smallest absolute Gasteiger partial charge is 0.381 e. The first-order valence-electron chi connectivity index (χ1n) is 15.1. The van der Waals surface area contributed by atoms with Crippen molar-refractivity contribution in [2.75, 3.05) is 13.2 Å². The number of rotatable bonds is 11. The minimum absolute atomic E-state index is 0. The summed E-state index contributed by atoms with van der Waals surface area (Å²) in [5, 5.41) is 2.81. The van der Waals surface area contributed by atoms with Crippen molar-refractivity contribution >= 4 is 5.91 Å². The van der Waals surface area contributed by atoms with Crippen LogP contribution in [-0.2, 0) is 11.3 Å². The second-order valence-corrected chi connectivity index (χ2v) is 9.92. The predicted molar refractivity (Wildman–Crippen MR) is 165 cm³/mol. The van der Waals surface area contributed by atoms with Gasteiger partial charge in [-0.25, -0.2) is 6.42 Å². The van der Waals surface area contributed by atoms with Crippen LogP contribution in [0.5, 0.6) is 0 Å². The summed E-state index contributed by atoms with van der Waals surface area (Å²) in [5.41, 5.74) is 2.53. The molecule has 1 aromatic carbocycles. The molecule has 6 heteroatoms. The molecule has 0 radical (unpaired) electrons. The molecule has 0 bridgehead atoms. The minimum atomic E-state index is -0.105. The Labute approximate surface area is 289 Å². The Bertz CT molecular complexity index is 837. The van der Waals surface area contributed by atoms with E-state index >= 15 is 0 Å². The summed E-state index contributed by atoms with van der Waals surface area (Å²) < 4.78 is 5.36. The number of nitrogens with one attached hydrogen (secondary N) is 1. The van der Waals surface area contributed by atoms with Gasteiger partial charge in [-0.05, 0) is 43.5 Å². The molecule has 5 nitrogen and oxygen atoms in total. The molecule has 3 rings (SSSR count). The Morgan fingerprint density at radius 2 is 1.88 bits per heavy atom. The van der Waals surface area contributed by atoms with Gasteiger partial charge in [-0.2, -0.15) is 19.3 Å². The van der Waals surface area contributed by atoms with Crippen LogP contribution >= 0.6 is 0 Å². The number of amides is 1. The van der Waals surface area contributed by atoms with Crippen molar-refractivity contribution in [3.63, 3.8) is 0 Å². The van der Waals surface area contributed by atoms with Gasteiger partial charge in [0.2, 0.25) is 0 Å². The number of carbonyl (C=O) groups excluding carboxylic acids is 1. The molecule has 2 unspecified atom stereocenters. The van der Waals surface area contributed by atoms with Crippen LogP contribution < -0.4 is 56.7 Å². The van der Waals surface area contributed by atoms with Gasteiger partial charge in [0.05, 0.1) is 0 Å². The van der Waals surface area contributed by atoms with E-state index in [2.05, 4.69) is 62.0 Å². The number of hydrogen-bond donors (Lipinski definition) is 1. The molecule has 1 aromatic heterocycles. The summed E-state index contributed by atoms with van der Waals surface area (Å²) in [6, 6.07) is 9.11. The van der Waals surface area contributed by atoms with E-state index in [1.54, 1.807) is 13.0 Å². The quantitative estimate of drug-likeness (QED) is 0.211. The number of aryl methyl sites for hydroxylation is 2. The summed E-state index contributed by atoms with van der Waals surface area (Å²) in [6.45, 7) is 18.8. The van der Waals surface area contributed by atoms with E-state index in [0.29, 0.717) is 17.9 Å².